The molecule has 0 aliphatic heterocycles. The van der Waals surface area contributed by atoms with Crippen LogP contribution in [0.1, 0.15) is 20.8 Å². The molecule has 2 unspecified atom stereocenters. The van der Waals surface area contributed by atoms with Crippen LogP contribution in [0.15, 0.2) is 11.6 Å². The lowest BCUT2D eigenvalue weighted by molar-refractivity contribution is 0.119. The number of hydrogen-bond donors (Lipinski definition) is 2. The van der Waals surface area contributed by atoms with Crippen molar-refractivity contribution in [3.63, 3.8) is 0 Å². The predicted octanol–water partition coefficient (Wildman–Crippen LogP) is 0.866. The lowest BCUT2D eigenvalue weighted by Gasteiger charge is -2.09. The average Bonchev–Trinajstić information content (AvgIpc) is 2.19. The first-order valence-corrected chi connectivity index (χ1v) is 3.66. The molecule has 2 heteroatoms. The van der Waals surface area contributed by atoms with E-state index >= 15 is 0 Å². The van der Waals surface area contributed by atoms with Crippen LogP contribution in [-0.2, 0) is 0 Å². The zero-order valence-electron chi connectivity index (χ0n) is 6.76. The van der Waals surface area contributed by atoms with Crippen LogP contribution in [0.3, 0.4) is 0 Å². The highest BCUT2D eigenvalue weighted by Crippen LogP contribution is 2.45. The zero-order valence-corrected chi connectivity index (χ0v) is 6.76. The molecule has 10 heavy (non-hydrogen) atoms. The highest BCUT2D eigenvalue weighted by Gasteiger charge is 2.36. The molecule has 0 saturated heterocycles. The number of rotatable bonds is 1. The maximum atomic E-state index is 9.17. The summed E-state index contributed by atoms with van der Waals surface area (Å²) in [6, 6.07) is 0. The molecular weight excluding hydrogens is 126 g/mol. The molecule has 0 bridgehead atoms. The quantitative estimate of drug-likeness (QED) is 0.420. The molecule has 0 aromatic carbocycles. The minimum absolute atomic E-state index is 0.620. The lowest BCUT2D eigenvalue weighted by atomic mass is 10.2. The monoisotopic (exact) mass is 141 g/mol. The minimum atomic E-state index is -1.12. The summed E-state index contributed by atoms with van der Waals surface area (Å²) in [6.07, 6.45) is 1.75. The summed E-state index contributed by atoms with van der Waals surface area (Å²) in [5.41, 5.74) is 5.55. The van der Waals surface area contributed by atoms with Crippen LogP contribution in [0.4, 0.5) is 0 Å². The second kappa shape index (κ2) is 2.07. The van der Waals surface area contributed by atoms with Crippen LogP contribution < -0.4 is 5.73 Å². The normalized spacial score (nSPS) is 41.5. The van der Waals surface area contributed by atoms with Gasteiger partial charge in [0.1, 0.15) is 5.72 Å². The van der Waals surface area contributed by atoms with Crippen molar-refractivity contribution in [1.29, 1.82) is 0 Å². The summed E-state index contributed by atoms with van der Waals surface area (Å²) in [4.78, 5) is 0. The summed E-state index contributed by atoms with van der Waals surface area (Å²) in [5, 5.41) is 9.17. The van der Waals surface area contributed by atoms with Crippen molar-refractivity contribution < 1.29 is 5.11 Å². The maximum absolute atomic E-state index is 9.17. The van der Waals surface area contributed by atoms with Gasteiger partial charge < -0.3 is 10.8 Å². The number of allylic oxidation sites excluding steroid dienone is 1. The van der Waals surface area contributed by atoms with Gasteiger partial charge in [0.2, 0.25) is 0 Å². The van der Waals surface area contributed by atoms with E-state index in [2.05, 4.69) is 13.8 Å². The summed E-state index contributed by atoms with van der Waals surface area (Å²) in [6.45, 7) is 5.88. The van der Waals surface area contributed by atoms with Crippen molar-refractivity contribution in [1.82, 2.24) is 0 Å². The third-order valence-electron chi connectivity index (χ3n) is 2.15. The molecule has 0 radical (unpaired) electrons. The first kappa shape index (κ1) is 7.76. The molecular formula is C8H15NO. The largest absolute Gasteiger partial charge is 0.373 e. The van der Waals surface area contributed by atoms with Gasteiger partial charge in [0.15, 0.2) is 0 Å². The summed E-state index contributed by atoms with van der Waals surface area (Å²) in [5.74, 6) is 1.24. The molecule has 2 nitrogen and oxygen atoms in total. The number of aliphatic hydroxyl groups is 1. The van der Waals surface area contributed by atoms with Gasteiger partial charge in [-0.15, -0.1) is 0 Å². The predicted molar refractivity (Wildman–Crippen MR) is 41.2 cm³/mol. The molecule has 3 N–H and O–H groups in total. The fourth-order valence-electron chi connectivity index (χ4n) is 1.20. The molecule has 1 rings (SSSR count). The third-order valence-corrected chi connectivity index (χ3v) is 2.15. The minimum Gasteiger partial charge on any atom is -0.373 e. The third kappa shape index (κ3) is 1.58. The molecule has 0 spiro atoms. The Kier molecular flexibility index (Phi) is 1.61. The zero-order chi connectivity index (χ0) is 7.94. The van der Waals surface area contributed by atoms with Gasteiger partial charge in [0.25, 0.3) is 0 Å². The van der Waals surface area contributed by atoms with Gasteiger partial charge in [-0.25, -0.2) is 0 Å². The van der Waals surface area contributed by atoms with Gasteiger partial charge in [0.05, 0.1) is 0 Å². The van der Waals surface area contributed by atoms with E-state index in [1.54, 1.807) is 13.0 Å². The highest BCUT2D eigenvalue weighted by molar-refractivity contribution is 5.29. The smallest absolute Gasteiger partial charge is 0.130 e. The van der Waals surface area contributed by atoms with Gasteiger partial charge in [0, 0.05) is 0 Å². The Morgan fingerprint density at radius 1 is 1.50 bits per heavy atom. The fraction of sp³-hybridized carbons (Fsp3) is 0.750. The maximum Gasteiger partial charge on any atom is 0.130 e. The van der Waals surface area contributed by atoms with Gasteiger partial charge in [-0.3, -0.25) is 0 Å². The van der Waals surface area contributed by atoms with Crippen LogP contribution in [0.5, 0.6) is 0 Å². The van der Waals surface area contributed by atoms with Crippen LogP contribution in [0, 0.1) is 11.8 Å². The Morgan fingerprint density at radius 2 is 1.90 bits per heavy atom. The molecule has 1 aliphatic carbocycles. The fourth-order valence-corrected chi connectivity index (χ4v) is 1.20. The standard InChI is InChI=1S/C8H15NO/c1-5-6(2)7(5)4-8(3,9)10/h4-6,10H,9H2,1-3H3/b7-4-/t5-,6?,8?/m1/s1. The van der Waals surface area contributed by atoms with Crippen LogP contribution in [0.2, 0.25) is 0 Å². The van der Waals surface area contributed by atoms with E-state index in [-0.39, 0.29) is 0 Å². The van der Waals surface area contributed by atoms with E-state index < -0.39 is 5.72 Å². The lowest BCUT2D eigenvalue weighted by Crippen LogP contribution is -2.32. The van der Waals surface area contributed by atoms with E-state index in [0.29, 0.717) is 11.8 Å². The average molecular weight is 141 g/mol. The van der Waals surface area contributed by atoms with Crippen molar-refractivity contribution in [3.8, 4) is 0 Å². The summed E-state index contributed by atoms with van der Waals surface area (Å²) >= 11 is 0. The topological polar surface area (TPSA) is 46.2 Å². The van der Waals surface area contributed by atoms with Crippen molar-refractivity contribution in [3.05, 3.63) is 11.6 Å². The molecule has 0 aromatic rings. The van der Waals surface area contributed by atoms with Crippen molar-refractivity contribution in [2.45, 2.75) is 26.5 Å². The van der Waals surface area contributed by atoms with Crippen molar-refractivity contribution in [2.24, 2.45) is 17.6 Å². The Labute approximate surface area is 61.7 Å². The first-order valence-electron chi connectivity index (χ1n) is 3.66. The summed E-state index contributed by atoms with van der Waals surface area (Å²) in [7, 11) is 0. The van der Waals surface area contributed by atoms with Gasteiger partial charge in [-0.05, 0) is 24.8 Å². The number of nitrogens with two attached hydrogens (primary N) is 1. The van der Waals surface area contributed by atoms with Crippen LogP contribution in [0.25, 0.3) is 0 Å². The number of hydrogen-bond acceptors (Lipinski definition) is 2. The molecule has 1 saturated carbocycles. The molecule has 1 fully saturated rings. The molecule has 0 heterocycles. The van der Waals surface area contributed by atoms with Crippen LogP contribution in [-0.4, -0.2) is 10.8 Å². The van der Waals surface area contributed by atoms with Gasteiger partial charge in [-0.2, -0.15) is 0 Å². The van der Waals surface area contributed by atoms with Crippen molar-refractivity contribution >= 4 is 0 Å². The van der Waals surface area contributed by atoms with E-state index in [1.165, 1.54) is 5.57 Å². The molecule has 0 amide bonds. The Morgan fingerprint density at radius 3 is 2.00 bits per heavy atom. The second-order valence-electron chi connectivity index (χ2n) is 3.45. The Bertz CT molecular complexity index is 157. The summed E-state index contributed by atoms with van der Waals surface area (Å²) < 4.78 is 0. The van der Waals surface area contributed by atoms with E-state index in [1.807, 2.05) is 0 Å². The van der Waals surface area contributed by atoms with Crippen molar-refractivity contribution in [2.75, 3.05) is 0 Å². The first-order chi connectivity index (χ1) is 4.42. The molecule has 3 atom stereocenters. The van der Waals surface area contributed by atoms with E-state index in [4.69, 9.17) is 10.8 Å². The Balaban J connectivity index is 2.60. The van der Waals surface area contributed by atoms with E-state index in [9.17, 15) is 0 Å². The van der Waals surface area contributed by atoms with Gasteiger partial charge >= 0.3 is 0 Å². The SMILES string of the molecule is CC1/C(=C\C(C)(N)O)[C@@H]1C. The van der Waals surface area contributed by atoms with Gasteiger partial charge in [-0.1, -0.05) is 19.4 Å². The molecule has 1 aliphatic rings. The highest BCUT2D eigenvalue weighted by atomic mass is 16.3. The van der Waals surface area contributed by atoms with Crippen LogP contribution >= 0.6 is 0 Å². The molecule has 0 aromatic heterocycles. The van der Waals surface area contributed by atoms with E-state index in [0.717, 1.165) is 0 Å². The molecule has 58 valence electrons. The second-order valence-corrected chi connectivity index (χ2v) is 3.45. The Hall–Kier alpha value is -0.340.